The van der Waals surface area contributed by atoms with Crippen molar-refractivity contribution in [2.24, 2.45) is 0 Å². The molecule has 8 nitrogen and oxygen atoms in total. The van der Waals surface area contributed by atoms with E-state index in [2.05, 4.69) is 10.3 Å². The summed E-state index contributed by atoms with van der Waals surface area (Å²) in [6.45, 7) is 6.22. The number of anilines is 1. The summed E-state index contributed by atoms with van der Waals surface area (Å²) in [5, 5.41) is 13.2. The van der Waals surface area contributed by atoms with E-state index in [1.807, 2.05) is 20.8 Å². The number of piperazine rings is 1. The van der Waals surface area contributed by atoms with Gasteiger partial charge in [-0.2, -0.15) is 0 Å². The van der Waals surface area contributed by atoms with E-state index in [1.54, 1.807) is 24.3 Å². The van der Waals surface area contributed by atoms with Crippen LogP contribution in [0, 0.1) is 0 Å². The first-order valence-electron chi connectivity index (χ1n) is 7.90. The Bertz CT molecular complexity index is 588. The quantitative estimate of drug-likeness (QED) is 0.751. The zero-order valence-electron chi connectivity index (χ0n) is 14.6. The predicted octanol–water partition coefficient (Wildman–Crippen LogP) is 0.915. The molecule has 2 heterocycles. The van der Waals surface area contributed by atoms with Gasteiger partial charge in [-0.1, -0.05) is 0 Å². The highest BCUT2D eigenvalue weighted by atomic mass is 16.6. The van der Waals surface area contributed by atoms with E-state index in [0.717, 1.165) is 5.56 Å². The lowest BCUT2D eigenvalue weighted by atomic mass is 9.97. The van der Waals surface area contributed by atoms with E-state index in [1.165, 1.54) is 0 Å². The number of methoxy groups -OCH3 is 1. The van der Waals surface area contributed by atoms with Crippen LogP contribution in [0.4, 0.5) is 10.6 Å². The van der Waals surface area contributed by atoms with Crippen LogP contribution in [0.5, 0.6) is 5.75 Å². The summed E-state index contributed by atoms with van der Waals surface area (Å²) < 4.78 is 10.8. The van der Waals surface area contributed by atoms with E-state index in [9.17, 15) is 9.90 Å². The summed E-state index contributed by atoms with van der Waals surface area (Å²) in [4.78, 5) is 18.1. The molecule has 0 saturated carbocycles. The number of aliphatic hydroxyl groups excluding tert-OH is 1. The Balaban J connectivity index is 2.29. The molecule has 1 aromatic heterocycles. The molecular formula is C16H26N4O4. The minimum atomic E-state index is -0.599. The third-order valence-electron chi connectivity index (χ3n) is 3.79. The fraction of sp³-hybridized carbons (Fsp3) is 0.625. The molecule has 134 valence electrons. The number of pyridine rings is 1. The first-order valence-corrected chi connectivity index (χ1v) is 7.90. The normalized spacial score (nSPS) is 21.5. The van der Waals surface area contributed by atoms with E-state index >= 15 is 0 Å². The molecule has 1 aromatic rings. The second kappa shape index (κ2) is 7.23. The van der Waals surface area contributed by atoms with Crippen molar-refractivity contribution in [3.8, 4) is 5.75 Å². The number of nitrogens with one attached hydrogen (secondary N) is 1. The van der Waals surface area contributed by atoms with E-state index < -0.39 is 17.7 Å². The predicted molar refractivity (Wildman–Crippen MR) is 89.8 cm³/mol. The Labute approximate surface area is 141 Å². The monoisotopic (exact) mass is 338 g/mol. The second-order valence-electron chi connectivity index (χ2n) is 6.71. The average Bonchev–Trinajstić information content (AvgIpc) is 2.52. The number of rotatable bonds is 3. The number of nitrogen functional groups attached to an aromatic ring is 1. The molecule has 24 heavy (non-hydrogen) atoms. The fourth-order valence-electron chi connectivity index (χ4n) is 2.76. The Kier molecular flexibility index (Phi) is 5.51. The van der Waals surface area contributed by atoms with Crippen LogP contribution in [0.1, 0.15) is 32.4 Å². The number of aromatic nitrogens is 1. The third-order valence-corrected chi connectivity index (χ3v) is 3.79. The van der Waals surface area contributed by atoms with Gasteiger partial charge in [-0.05, 0) is 20.8 Å². The lowest BCUT2D eigenvalue weighted by Gasteiger charge is -2.41. The van der Waals surface area contributed by atoms with Gasteiger partial charge in [0.15, 0.2) is 0 Å². The van der Waals surface area contributed by atoms with Crippen LogP contribution in [-0.4, -0.2) is 59.5 Å². The standard InChI is InChI=1S/C16H26N4O4/c1-16(2,3)24-15(22)20-6-5-18-14(11(20)9-21)10-8-19-13(17)7-12(10)23-4/h7-8,11,14,18,21H,5-6,9H2,1-4H3,(H2,17,19). The molecule has 2 rings (SSSR count). The van der Waals surface area contributed by atoms with Gasteiger partial charge in [0.05, 0.1) is 25.8 Å². The van der Waals surface area contributed by atoms with Gasteiger partial charge in [0.25, 0.3) is 0 Å². The zero-order chi connectivity index (χ0) is 17.9. The second-order valence-corrected chi connectivity index (χ2v) is 6.71. The van der Waals surface area contributed by atoms with Gasteiger partial charge >= 0.3 is 6.09 Å². The van der Waals surface area contributed by atoms with Crippen molar-refractivity contribution >= 4 is 11.9 Å². The lowest BCUT2D eigenvalue weighted by Crippen LogP contribution is -2.57. The number of aliphatic hydroxyl groups is 1. The molecule has 8 heteroatoms. The maximum atomic E-state index is 12.5. The van der Waals surface area contributed by atoms with Crippen molar-refractivity contribution in [1.82, 2.24) is 15.2 Å². The first-order chi connectivity index (χ1) is 11.3. The van der Waals surface area contributed by atoms with E-state index in [0.29, 0.717) is 24.7 Å². The summed E-state index contributed by atoms with van der Waals surface area (Å²) in [5.41, 5.74) is 5.84. The highest BCUT2D eigenvalue weighted by Crippen LogP contribution is 2.32. The van der Waals surface area contributed by atoms with Crippen LogP contribution in [0.25, 0.3) is 0 Å². The van der Waals surface area contributed by atoms with Gasteiger partial charge in [0.2, 0.25) is 0 Å². The Morgan fingerprint density at radius 3 is 2.83 bits per heavy atom. The number of carbonyl (C=O) groups excluding carboxylic acids is 1. The molecule has 1 aliphatic rings. The summed E-state index contributed by atoms with van der Waals surface area (Å²) >= 11 is 0. The number of nitrogens with zero attached hydrogens (tertiary/aromatic N) is 2. The molecule has 4 N–H and O–H groups in total. The molecule has 0 aliphatic carbocycles. The first kappa shape index (κ1) is 18.3. The van der Waals surface area contributed by atoms with Crippen molar-refractivity contribution < 1.29 is 19.4 Å². The molecule has 2 atom stereocenters. The zero-order valence-corrected chi connectivity index (χ0v) is 14.6. The molecule has 2 unspecified atom stereocenters. The maximum absolute atomic E-state index is 12.5. The Hall–Kier alpha value is -2.06. The van der Waals surface area contributed by atoms with Crippen LogP contribution < -0.4 is 15.8 Å². The molecule has 1 amide bonds. The van der Waals surface area contributed by atoms with Gasteiger partial charge in [0, 0.05) is 30.9 Å². The lowest BCUT2D eigenvalue weighted by molar-refractivity contribution is -0.00431. The number of ether oxygens (including phenoxy) is 2. The minimum Gasteiger partial charge on any atom is -0.496 e. The van der Waals surface area contributed by atoms with Gasteiger partial charge in [0.1, 0.15) is 17.2 Å². The minimum absolute atomic E-state index is 0.218. The molecule has 1 saturated heterocycles. The molecule has 0 aromatic carbocycles. The van der Waals surface area contributed by atoms with E-state index in [4.69, 9.17) is 15.2 Å². The van der Waals surface area contributed by atoms with Crippen molar-refractivity contribution in [3.05, 3.63) is 17.8 Å². The van der Waals surface area contributed by atoms with Crippen LogP contribution in [-0.2, 0) is 4.74 Å². The Morgan fingerprint density at radius 2 is 2.25 bits per heavy atom. The van der Waals surface area contributed by atoms with Crippen LogP contribution >= 0.6 is 0 Å². The highest BCUT2D eigenvalue weighted by Gasteiger charge is 2.38. The van der Waals surface area contributed by atoms with Crippen molar-refractivity contribution in [3.63, 3.8) is 0 Å². The van der Waals surface area contributed by atoms with Crippen LogP contribution in [0.3, 0.4) is 0 Å². The Morgan fingerprint density at radius 1 is 1.54 bits per heavy atom. The smallest absolute Gasteiger partial charge is 0.410 e. The molecule has 1 fully saturated rings. The maximum Gasteiger partial charge on any atom is 0.410 e. The largest absolute Gasteiger partial charge is 0.496 e. The van der Waals surface area contributed by atoms with Crippen molar-refractivity contribution in [1.29, 1.82) is 0 Å². The topological polar surface area (TPSA) is 110 Å². The summed E-state index contributed by atoms with van der Waals surface area (Å²) in [5.74, 6) is 0.903. The van der Waals surface area contributed by atoms with Crippen LogP contribution in [0.15, 0.2) is 12.3 Å². The van der Waals surface area contributed by atoms with E-state index in [-0.39, 0.29) is 12.6 Å². The highest BCUT2D eigenvalue weighted by molar-refractivity contribution is 5.69. The van der Waals surface area contributed by atoms with Crippen molar-refractivity contribution in [2.75, 3.05) is 32.5 Å². The number of amides is 1. The summed E-state index contributed by atoms with van der Waals surface area (Å²) in [6.07, 6.45) is 1.16. The fourth-order valence-corrected chi connectivity index (χ4v) is 2.76. The summed E-state index contributed by atoms with van der Waals surface area (Å²) in [7, 11) is 1.54. The summed E-state index contributed by atoms with van der Waals surface area (Å²) in [6, 6.07) is 0.796. The average molecular weight is 338 g/mol. The van der Waals surface area contributed by atoms with Crippen LogP contribution in [0.2, 0.25) is 0 Å². The number of nitrogens with two attached hydrogens (primary N) is 1. The SMILES string of the molecule is COc1cc(N)ncc1C1NCCN(C(=O)OC(C)(C)C)C1CO. The number of carbonyl (C=O) groups is 1. The molecular weight excluding hydrogens is 312 g/mol. The molecule has 1 aliphatic heterocycles. The number of hydrogen-bond donors (Lipinski definition) is 3. The van der Waals surface area contributed by atoms with Gasteiger partial charge < -0.3 is 25.6 Å². The molecule has 0 spiro atoms. The third kappa shape index (κ3) is 4.07. The number of hydrogen-bond acceptors (Lipinski definition) is 7. The molecule has 0 radical (unpaired) electrons. The van der Waals surface area contributed by atoms with Crippen molar-refractivity contribution in [2.45, 2.75) is 38.5 Å². The molecule has 0 bridgehead atoms. The van der Waals surface area contributed by atoms with Gasteiger partial charge in [-0.3, -0.25) is 4.90 Å². The van der Waals surface area contributed by atoms with Gasteiger partial charge in [-0.15, -0.1) is 0 Å². The van der Waals surface area contributed by atoms with Gasteiger partial charge in [-0.25, -0.2) is 9.78 Å².